The van der Waals surface area contributed by atoms with Crippen LogP contribution in [0.2, 0.25) is 0 Å². The number of amides is 1. The highest BCUT2D eigenvalue weighted by atomic mass is 32.1. The van der Waals surface area contributed by atoms with Gasteiger partial charge in [0, 0.05) is 18.8 Å². The van der Waals surface area contributed by atoms with Crippen molar-refractivity contribution in [3.8, 4) is 0 Å². The predicted molar refractivity (Wildman–Crippen MR) is 92.1 cm³/mol. The van der Waals surface area contributed by atoms with E-state index in [-0.39, 0.29) is 11.7 Å². The molecule has 0 aliphatic heterocycles. The van der Waals surface area contributed by atoms with Crippen LogP contribution >= 0.6 is 11.3 Å². The van der Waals surface area contributed by atoms with Crippen LogP contribution in [0.1, 0.15) is 46.0 Å². The number of carbonyl (C=O) groups is 2. The van der Waals surface area contributed by atoms with Crippen LogP contribution in [0.4, 0.5) is 0 Å². The number of carbonyl (C=O) groups excluding carboxylic acids is 2. The molecule has 0 aromatic carbocycles. The van der Waals surface area contributed by atoms with Crippen molar-refractivity contribution in [1.82, 2.24) is 15.1 Å². The summed E-state index contributed by atoms with van der Waals surface area (Å²) in [4.78, 5) is 24.0. The number of thiophene rings is 1. The number of aromatic nitrogens is 2. The average Bonchev–Trinajstić information content (AvgIpc) is 3.06. The second-order valence-corrected chi connectivity index (χ2v) is 6.53. The number of ketones is 1. The van der Waals surface area contributed by atoms with Gasteiger partial charge in [-0.2, -0.15) is 5.10 Å². The summed E-state index contributed by atoms with van der Waals surface area (Å²) in [5, 5.41) is 9.30. The number of nitrogens with one attached hydrogen (secondary N) is 1. The van der Waals surface area contributed by atoms with Crippen molar-refractivity contribution < 1.29 is 9.59 Å². The van der Waals surface area contributed by atoms with Crippen LogP contribution in [-0.4, -0.2) is 28.0 Å². The fourth-order valence-corrected chi connectivity index (χ4v) is 3.45. The van der Waals surface area contributed by atoms with Gasteiger partial charge < -0.3 is 5.32 Å². The Morgan fingerprint density at radius 2 is 2.09 bits per heavy atom. The monoisotopic (exact) mass is 333 g/mol. The molecule has 2 aromatic heterocycles. The minimum absolute atomic E-state index is 0.0175. The molecule has 0 fully saturated rings. The van der Waals surface area contributed by atoms with Gasteiger partial charge in [0.1, 0.15) is 0 Å². The highest BCUT2D eigenvalue weighted by Crippen LogP contribution is 2.16. The van der Waals surface area contributed by atoms with Gasteiger partial charge in [-0.05, 0) is 56.7 Å². The average molecular weight is 333 g/mol. The van der Waals surface area contributed by atoms with Crippen molar-refractivity contribution in [3.63, 3.8) is 0 Å². The Morgan fingerprint density at radius 1 is 1.35 bits per heavy atom. The van der Waals surface area contributed by atoms with Gasteiger partial charge in [-0.25, -0.2) is 0 Å². The first kappa shape index (κ1) is 17.4. The zero-order chi connectivity index (χ0) is 17.0. The van der Waals surface area contributed by atoms with Gasteiger partial charge in [0.25, 0.3) is 0 Å². The largest absolute Gasteiger partial charge is 0.355 e. The molecule has 0 unspecified atom stereocenters. The zero-order valence-electron chi connectivity index (χ0n) is 14.1. The van der Waals surface area contributed by atoms with Gasteiger partial charge in [0.05, 0.1) is 17.0 Å². The Morgan fingerprint density at radius 3 is 2.65 bits per heavy atom. The third kappa shape index (κ3) is 4.28. The molecule has 0 aliphatic rings. The van der Waals surface area contributed by atoms with E-state index < -0.39 is 0 Å². The van der Waals surface area contributed by atoms with Gasteiger partial charge in [-0.1, -0.05) is 0 Å². The molecule has 2 aromatic rings. The van der Waals surface area contributed by atoms with Crippen molar-refractivity contribution in [1.29, 1.82) is 0 Å². The molecule has 0 aliphatic carbocycles. The van der Waals surface area contributed by atoms with Crippen molar-refractivity contribution in [2.45, 2.75) is 47.1 Å². The summed E-state index contributed by atoms with van der Waals surface area (Å²) >= 11 is 1.39. The lowest BCUT2D eigenvalue weighted by molar-refractivity contribution is -0.120. The molecule has 1 amide bonds. The molecule has 0 bridgehead atoms. The third-order valence-electron chi connectivity index (χ3n) is 3.89. The van der Waals surface area contributed by atoms with E-state index >= 15 is 0 Å². The maximum atomic E-state index is 12.0. The second kappa shape index (κ2) is 7.55. The fraction of sp³-hybridized carbons (Fsp3) is 0.471. The van der Waals surface area contributed by atoms with Gasteiger partial charge >= 0.3 is 0 Å². The van der Waals surface area contributed by atoms with E-state index in [1.807, 2.05) is 17.0 Å². The molecule has 6 heteroatoms. The number of nitrogens with zero attached hydrogens (tertiary/aromatic N) is 2. The number of hydrogen-bond acceptors (Lipinski definition) is 4. The number of Topliss-reactive ketones (excluding diaryl/α,β-unsaturated/α-hetero) is 1. The zero-order valence-corrected chi connectivity index (χ0v) is 14.9. The highest BCUT2D eigenvalue weighted by Gasteiger charge is 2.12. The maximum Gasteiger partial charge on any atom is 0.224 e. The van der Waals surface area contributed by atoms with E-state index in [0.29, 0.717) is 17.8 Å². The first-order valence-corrected chi connectivity index (χ1v) is 8.68. The third-order valence-corrected chi connectivity index (χ3v) is 4.97. The molecule has 0 atom stereocenters. The van der Waals surface area contributed by atoms with E-state index in [1.165, 1.54) is 29.5 Å². The van der Waals surface area contributed by atoms with E-state index in [4.69, 9.17) is 0 Å². The van der Waals surface area contributed by atoms with Gasteiger partial charge in [-0.15, -0.1) is 11.3 Å². The number of hydrogen-bond donors (Lipinski definition) is 1. The molecule has 2 rings (SSSR count). The smallest absolute Gasteiger partial charge is 0.224 e. The van der Waals surface area contributed by atoms with E-state index in [9.17, 15) is 9.59 Å². The Labute approximate surface area is 140 Å². The van der Waals surface area contributed by atoms with Crippen molar-refractivity contribution in [2.24, 2.45) is 0 Å². The Kier molecular flexibility index (Phi) is 5.71. The van der Waals surface area contributed by atoms with Gasteiger partial charge in [-0.3, -0.25) is 14.3 Å². The topological polar surface area (TPSA) is 64.0 Å². The molecule has 0 saturated heterocycles. The van der Waals surface area contributed by atoms with Crippen molar-refractivity contribution in [3.05, 3.63) is 38.8 Å². The normalized spacial score (nSPS) is 10.8. The van der Waals surface area contributed by atoms with Crippen LogP contribution in [0.25, 0.3) is 0 Å². The molecule has 2 heterocycles. The van der Waals surface area contributed by atoms with Gasteiger partial charge in [0.2, 0.25) is 5.91 Å². The van der Waals surface area contributed by atoms with E-state index in [2.05, 4.69) is 24.3 Å². The molecule has 1 N–H and O–H groups in total. The quantitative estimate of drug-likeness (QED) is 0.792. The van der Waals surface area contributed by atoms with Crippen LogP contribution in [0.3, 0.4) is 0 Å². The number of aryl methyl sites for hydroxylation is 2. The van der Waals surface area contributed by atoms with E-state index in [1.54, 1.807) is 6.07 Å². The van der Waals surface area contributed by atoms with Crippen molar-refractivity contribution in [2.75, 3.05) is 6.54 Å². The molecular formula is C17H23N3O2S. The summed E-state index contributed by atoms with van der Waals surface area (Å²) in [5.74, 6) is 0.0247. The predicted octanol–water partition coefficient (Wildman–Crippen LogP) is 2.69. The number of rotatable bonds is 7. The lowest BCUT2D eigenvalue weighted by Crippen LogP contribution is -2.27. The molecule has 0 saturated carbocycles. The summed E-state index contributed by atoms with van der Waals surface area (Å²) in [6, 6.07) is 1.80. The van der Waals surface area contributed by atoms with Crippen LogP contribution in [0.15, 0.2) is 11.4 Å². The summed E-state index contributed by atoms with van der Waals surface area (Å²) < 4.78 is 1.99. The summed E-state index contributed by atoms with van der Waals surface area (Å²) in [5.41, 5.74) is 4.30. The van der Waals surface area contributed by atoms with Crippen molar-refractivity contribution >= 4 is 23.0 Å². The lowest BCUT2D eigenvalue weighted by atomic mass is 10.1. The minimum atomic E-state index is -0.0175. The Bertz CT molecular complexity index is 715. The first-order valence-electron chi connectivity index (χ1n) is 7.80. The van der Waals surface area contributed by atoms with E-state index in [0.717, 1.165) is 24.2 Å². The molecular weight excluding hydrogens is 310 g/mol. The second-order valence-electron chi connectivity index (χ2n) is 5.62. The molecule has 23 heavy (non-hydrogen) atoms. The fourth-order valence-electron chi connectivity index (χ4n) is 2.63. The maximum absolute atomic E-state index is 12.0. The summed E-state index contributed by atoms with van der Waals surface area (Å²) in [7, 11) is 0. The standard InChI is InChI=1S/C17H23N3O2S/c1-5-20-12(3)15(11(2)19-20)6-7-18-17(22)9-14-8-16(13(4)21)23-10-14/h8,10H,5-7,9H2,1-4H3,(H,18,22). The van der Waals surface area contributed by atoms with Gasteiger partial charge in [0.15, 0.2) is 5.78 Å². The summed E-state index contributed by atoms with van der Waals surface area (Å²) in [6.45, 7) is 9.13. The molecule has 124 valence electrons. The minimum Gasteiger partial charge on any atom is -0.355 e. The van der Waals surface area contributed by atoms with Crippen LogP contribution < -0.4 is 5.32 Å². The molecule has 0 radical (unpaired) electrons. The summed E-state index contributed by atoms with van der Waals surface area (Å²) in [6.07, 6.45) is 1.10. The van der Waals surface area contributed by atoms with Crippen LogP contribution in [-0.2, 0) is 24.2 Å². The van der Waals surface area contributed by atoms with Crippen LogP contribution in [0.5, 0.6) is 0 Å². The highest BCUT2D eigenvalue weighted by molar-refractivity contribution is 7.12. The molecule has 5 nitrogen and oxygen atoms in total. The Hall–Kier alpha value is -1.95. The van der Waals surface area contributed by atoms with Crippen LogP contribution in [0, 0.1) is 13.8 Å². The first-order chi connectivity index (χ1) is 10.9. The SMILES string of the molecule is CCn1nc(C)c(CCNC(=O)Cc2csc(C(C)=O)c2)c1C. The lowest BCUT2D eigenvalue weighted by Gasteiger charge is -2.05. The molecule has 0 spiro atoms. The Balaban J connectivity index is 1.85.